The van der Waals surface area contributed by atoms with Crippen LogP contribution in [0.5, 0.6) is 0 Å². The molecule has 0 spiro atoms. The van der Waals surface area contributed by atoms with Crippen LogP contribution >= 0.6 is 11.3 Å². The summed E-state index contributed by atoms with van der Waals surface area (Å²) in [7, 11) is 1.52. The number of thiazole rings is 1. The number of amides is 1. The highest BCUT2D eigenvalue weighted by Crippen LogP contribution is 2.26. The molecule has 4 nitrogen and oxygen atoms in total. The fraction of sp³-hybridized carbons (Fsp3) is 0.667. The van der Waals surface area contributed by atoms with E-state index in [4.69, 9.17) is 4.74 Å². The number of aromatic nitrogens is 1. The van der Waals surface area contributed by atoms with Crippen molar-refractivity contribution in [1.82, 2.24) is 4.98 Å². The van der Waals surface area contributed by atoms with Crippen molar-refractivity contribution in [3.05, 3.63) is 11.1 Å². The Morgan fingerprint density at radius 2 is 1.94 bits per heavy atom. The van der Waals surface area contributed by atoms with E-state index in [1.807, 2.05) is 5.38 Å². The molecule has 0 unspecified atom stereocenters. The molecule has 0 saturated heterocycles. The van der Waals surface area contributed by atoms with Gasteiger partial charge in [0.15, 0.2) is 5.13 Å². The molecule has 1 heterocycles. The second-order valence-electron chi connectivity index (χ2n) is 5.46. The van der Waals surface area contributed by atoms with Crippen LogP contribution in [0.25, 0.3) is 0 Å². The van der Waals surface area contributed by atoms with Gasteiger partial charge in [-0.1, -0.05) is 20.8 Å². The first-order valence-corrected chi connectivity index (χ1v) is 6.37. The highest BCUT2D eigenvalue weighted by molar-refractivity contribution is 7.14. The van der Waals surface area contributed by atoms with Crippen molar-refractivity contribution in [3.63, 3.8) is 0 Å². The second kappa shape index (κ2) is 4.74. The summed E-state index contributed by atoms with van der Waals surface area (Å²) in [6.45, 7) is 9.72. The summed E-state index contributed by atoms with van der Waals surface area (Å²) in [6.07, 6.45) is 0. The van der Waals surface area contributed by atoms with Crippen molar-refractivity contribution in [2.75, 3.05) is 12.4 Å². The van der Waals surface area contributed by atoms with Gasteiger partial charge in [0.05, 0.1) is 5.69 Å². The molecule has 0 bridgehead atoms. The zero-order chi connectivity index (χ0) is 13.3. The quantitative estimate of drug-likeness (QED) is 0.904. The van der Waals surface area contributed by atoms with Gasteiger partial charge in [-0.3, -0.25) is 10.1 Å². The Hall–Kier alpha value is -0.940. The number of rotatable bonds is 3. The monoisotopic (exact) mass is 256 g/mol. The molecular formula is C12H20N2O2S. The molecule has 1 aromatic heterocycles. The maximum atomic E-state index is 11.9. The van der Waals surface area contributed by atoms with Crippen molar-refractivity contribution in [2.45, 2.75) is 45.6 Å². The summed E-state index contributed by atoms with van der Waals surface area (Å²) in [5.41, 5.74) is 0.136. The molecule has 5 heteroatoms. The van der Waals surface area contributed by atoms with Crippen LogP contribution in [0.1, 0.15) is 40.3 Å². The lowest BCUT2D eigenvalue weighted by Crippen LogP contribution is -2.38. The molecule has 96 valence electrons. The van der Waals surface area contributed by atoms with Crippen molar-refractivity contribution < 1.29 is 9.53 Å². The highest BCUT2D eigenvalue weighted by Gasteiger charge is 2.28. The van der Waals surface area contributed by atoms with Crippen LogP contribution in [-0.4, -0.2) is 23.6 Å². The minimum atomic E-state index is -0.840. The number of ether oxygens (including phenoxy) is 1. The van der Waals surface area contributed by atoms with E-state index < -0.39 is 5.60 Å². The molecule has 0 aliphatic carbocycles. The molecule has 0 atom stereocenters. The van der Waals surface area contributed by atoms with Crippen LogP contribution in [0, 0.1) is 0 Å². The number of hydrogen-bond acceptors (Lipinski definition) is 4. The van der Waals surface area contributed by atoms with Crippen molar-refractivity contribution >= 4 is 22.4 Å². The molecule has 1 aromatic rings. The number of nitrogens with zero attached hydrogens (tertiary/aromatic N) is 1. The Bertz CT molecular complexity index is 405. The zero-order valence-corrected chi connectivity index (χ0v) is 12.1. The average Bonchev–Trinajstić information content (AvgIpc) is 2.65. The van der Waals surface area contributed by atoms with Crippen LogP contribution in [0.2, 0.25) is 0 Å². The molecule has 1 rings (SSSR count). The van der Waals surface area contributed by atoms with Crippen LogP contribution in [0.15, 0.2) is 5.38 Å². The number of hydrogen-bond donors (Lipinski definition) is 1. The minimum Gasteiger partial charge on any atom is -0.369 e. The first-order valence-electron chi connectivity index (χ1n) is 5.49. The third kappa shape index (κ3) is 3.51. The summed E-state index contributed by atoms with van der Waals surface area (Å²) >= 11 is 1.43. The summed E-state index contributed by atoms with van der Waals surface area (Å²) < 4.78 is 5.11. The Balaban J connectivity index is 2.77. The van der Waals surface area contributed by atoms with Gasteiger partial charge in [0.25, 0.3) is 5.91 Å². The average molecular weight is 256 g/mol. The van der Waals surface area contributed by atoms with Gasteiger partial charge in [-0.15, -0.1) is 11.3 Å². The summed E-state index contributed by atoms with van der Waals surface area (Å²) in [4.78, 5) is 16.3. The first-order chi connectivity index (χ1) is 7.66. The number of anilines is 1. The predicted octanol–water partition coefficient (Wildman–Crippen LogP) is 2.80. The fourth-order valence-electron chi connectivity index (χ4n) is 1.02. The molecular weight excluding hydrogens is 236 g/mol. The van der Waals surface area contributed by atoms with E-state index in [9.17, 15) is 4.79 Å². The number of methoxy groups -OCH3 is 1. The normalized spacial score (nSPS) is 12.6. The molecule has 0 aromatic carbocycles. The lowest BCUT2D eigenvalue weighted by molar-refractivity contribution is -0.133. The molecule has 1 N–H and O–H groups in total. The van der Waals surface area contributed by atoms with Crippen LogP contribution in [-0.2, 0) is 14.9 Å². The third-order valence-corrected chi connectivity index (χ3v) is 3.31. The van der Waals surface area contributed by atoms with E-state index >= 15 is 0 Å². The molecule has 0 saturated carbocycles. The topological polar surface area (TPSA) is 51.2 Å². The van der Waals surface area contributed by atoms with Gasteiger partial charge in [-0.2, -0.15) is 0 Å². The SMILES string of the molecule is COC(C)(C)C(=O)Nc1nc(C(C)(C)C)cs1. The van der Waals surface area contributed by atoms with Gasteiger partial charge in [0.2, 0.25) is 0 Å². The lowest BCUT2D eigenvalue weighted by atomic mass is 9.93. The van der Waals surface area contributed by atoms with Gasteiger partial charge < -0.3 is 4.74 Å². The Morgan fingerprint density at radius 1 is 1.35 bits per heavy atom. The third-order valence-electron chi connectivity index (χ3n) is 2.55. The van der Waals surface area contributed by atoms with Gasteiger partial charge in [0, 0.05) is 17.9 Å². The second-order valence-corrected chi connectivity index (χ2v) is 6.31. The molecule has 0 fully saturated rings. The Morgan fingerprint density at radius 3 is 2.35 bits per heavy atom. The van der Waals surface area contributed by atoms with Crippen LogP contribution in [0.4, 0.5) is 5.13 Å². The summed E-state index contributed by atoms with van der Waals surface area (Å²) in [6, 6.07) is 0. The van der Waals surface area contributed by atoms with E-state index in [0.29, 0.717) is 5.13 Å². The van der Waals surface area contributed by atoms with Gasteiger partial charge in [-0.05, 0) is 13.8 Å². The Kier molecular flexibility index (Phi) is 3.94. The van der Waals surface area contributed by atoms with Crippen molar-refractivity contribution in [1.29, 1.82) is 0 Å². The minimum absolute atomic E-state index is 0.00372. The van der Waals surface area contributed by atoms with E-state index in [2.05, 4.69) is 31.1 Å². The van der Waals surface area contributed by atoms with Gasteiger partial charge >= 0.3 is 0 Å². The van der Waals surface area contributed by atoms with E-state index in [1.165, 1.54) is 18.4 Å². The van der Waals surface area contributed by atoms with Crippen LogP contribution < -0.4 is 5.32 Å². The van der Waals surface area contributed by atoms with Gasteiger partial charge in [-0.25, -0.2) is 4.98 Å². The van der Waals surface area contributed by atoms with E-state index in [-0.39, 0.29) is 11.3 Å². The smallest absolute Gasteiger partial charge is 0.257 e. The van der Waals surface area contributed by atoms with Crippen LogP contribution in [0.3, 0.4) is 0 Å². The van der Waals surface area contributed by atoms with Gasteiger partial charge in [0.1, 0.15) is 5.60 Å². The molecule has 1 amide bonds. The summed E-state index contributed by atoms with van der Waals surface area (Å²) in [5.74, 6) is -0.185. The first kappa shape index (κ1) is 14.1. The number of nitrogens with one attached hydrogen (secondary N) is 1. The van der Waals surface area contributed by atoms with Crippen molar-refractivity contribution in [2.24, 2.45) is 0 Å². The standard InChI is InChI=1S/C12H20N2O2S/c1-11(2,3)8-7-17-10(13-8)14-9(15)12(4,5)16-6/h7H,1-6H3,(H,13,14,15). The number of carbonyl (C=O) groups excluding carboxylic acids is 1. The fourth-order valence-corrected chi connectivity index (χ4v) is 1.95. The van der Waals surface area contributed by atoms with E-state index in [1.54, 1.807) is 13.8 Å². The Labute approximate surface area is 106 Å². The van der Waals surface area contributed by atoms with Crippen molar-refractivity contribution in [3.8, 4) is 0 Å². The highest BCUT2D eigenvalue weighted by atomic mass is 32.1. The number of carbonyl (C=O) groups is 1. The molecule has 17 heavy (non-hydrogen) atoms. The largest absolute Gasteiger partial charge is 0.369 e. The lowest BCUT2D eigenvalue weighted by Gasteiger charge is -2.20. The molecule has 0 aliphatic heterocycles. The molecule has 0 aliphatic rings. The molecule has 0 radical (unpaired) electrons. The maximum Gasteiger partial charge on any atom is 0.257 e. The zero-order valence-electron chi connectivity index (χ0n) is 11.2. The summed E-state index contributed by atoms with van der Waals surface area (Å²) in [5, 5.41) is 5.35. The maximum absolute atomic E-state index is 11.9. The predicted molar refractivity (Wildman–Crippen MR) is 70.5 cm³/mol. The van der Waals surface area contributed by atoms with E-state index in [0.717, 1.165) is 5.69 Å².